The average Bonchev–Trinajstić information content (AvgIpc) is 2.97. The maximum Gasteiger partial charge on any atom is 0.419 e. The summed E-state index contributed by atoms with van der Waals surface area (Å²) in [5.74, 6) is -1.29. The first kappa shape index (κ1) is 32.2. The number of aromatic nitrogens is 2. The number of carbonyl (C=O) groups is 1. The number of benzene rings is 3. The summed E-state index contributed by atoms with van der Waals surface area (Å²) in [4.78, 5) is 35.1. The zero-order valence-corrected chi connectivity index (χ0v) is 25.5. The van der Waals surface area contributed by atoms with E-state index in [0.29, 0.717) is 48.1 Å². The van der Waals surface area contributed by atoms with E-state index in [1.54, 1.807) is 61.2 Å². The Balaban J connectivity index is 1.47. The Morgan fingerprint density at radius 1 is 1.09 bits per heavy atom. The molecule has 1 aliphatic heterocycles. The van der Waals surface area contributed by atoms with Crippen molar-refractivity contribution in [1.29, 1.82) is 0 Å². The van der Waals surface area contributed by atoms with Crippen LogP contribution in [0.5, 0.6) is 11.5 Å². The van der Waals surface area contributed by atoms with E-state index in [0.717, 1.165) is 4.57 Å². The SMILES string of the molecule is CC(C)Oc1cc(F)c(C(F)(F)F)cc1-n1c(CN2CCN(C(=O)COc3ccc(Cl)cc3)C[C@H]2C)nc2ccccc2c1=O. The molecule has 0 aliphatic carbocycles. The van der Waals surface area contributed by atoms with Crippen LogP contribution in [-0.4, -0.2) is 63.6 Å². The van der Waals surface area contributed by atoms with Gasteiger partial charge >= 0.3 is 6.18 Å². The van der Waals surface area contributed by atoms with E-state index in [1.165, 1.54) is 6.07 Å². The topological polar surface area (TPSA) is 76.9 Å². The number of halogens is 5. The van der Waals surface area contributed by atoms with Crippen LogP contribution in [0.25, 0.3) is 16.6 Å². The number of rotatable bonds is 8. The number of hydrogen-bond donors (Lipinski definition) is 0. The number of alkyl halides is 3. The molecule has 3 aromatic carbocycles. The largest absolute Gasteiger partial charge is 0.489 e. The number of nitrogens with zero attached hydrogens (tertiary/aromatic N) is 4. The molecule has 238 valence electrons. The van der Waals surface area contributed by atoms with E-state index in [1.807, 2.05) is 11.8 Å². The van der Waals surface area contributed by atoms with E-state index in [2.05, 4.69) is 4.98 Å². The molecule has 5 rings (SSSR count). The van der Waals surface area contributed by atoms with Crippen LogP contribution in [0.3, 0.4) is 0 Å². The molecule has 1 fully saturated rings. The molecule has 2 heterocycles. The molecule has 1 aliphatic rings. The number of fused-ring (bicyclic) bond motifs is 1. The van der Waals surface area contributed by atoms with Gasteiger partial charge in [-0.1, -0.05) is 23.7 Å². The number of amides is 1. The standard InChI is InChI=1S/C32H31ClF4N4O4/c1-19(2)45-28-15-25(34)24(32(35,36)37)14-27(28)41-29(38-26-7-5-4-6-23(26)31(41)43)17-39-12-13-40(16-20(39)3)30(42)18-44-22-10-8-21(33)9-11-22/h4-11,14-15,19-20H,12-13,16-18H2,1-3H3/t20-/m1/s1. The van der Waals surface area contributed by atoms with Gasteiger partial charge in [-0.2, -0.15) is 13.2 Å². The fourth-order valence-electron chi connectivity index (χ4n) is 5.22. The Kier molecular flexibility index (Phi) is 9.36. The van der Waals surface area contributed by atoms with Crippen LogP contribution in [-0.2, 0) is 17.5 Å². The minimum absolute atomic E-state index is 0.0599. The van der Waals surface area contributed by atoms with Crippen LogP contribution in [0.2, 0.25) is 5.02 Å². The summed E-state index contributed by atoms with van der Waals surface area (Å²) in [6.45, 7) is 6.17. The molecule has 0 saturated carbocycles. The van der Waals surface area contributed by atoms with Crippen molar-refractivity contribution in [3.63, 3.8) is 0 Å². The van der Waals surface area contributed by atoms with Crippen LogP contribution in [0.1, 0.15) is 32.2 Å². The molecule has 1 saturated heterocycles. The predicted octanol–water partition coefficient (Wildman–Crippen LogP) is 6.10. The number of piperazine rings is 1. The molecular formula is C32H31ClF4N4O4. The van der Waals surface area contributed by atoms with Gasteiger partial charge in [0.05, 0.1) is 34.8 Å². The Bertz CT molecular complexity index is 1760. The van der Waals surface area contributed by atoms with Gasteiger partial charge in [0.2, 0.25) is 0 Å². The van der Waals surface area contributed by atoms with Crippen molar-refractivity contribution in [3.05, 3.63) is 93.2 Å². The van der Waals surface area contributed by atoms with Gasteiger partial charge in [0.15, 0.2) is 6.61 Å². The Morgan fingerprint density at radius 3 is 2.47 bits per heavy atom. The third kappa shape index (κ3) is 7.23. The lowest BCUT2D eigenvalue weighted by molar-refractivity contribution is -0.140. The van der Waals surface area contributed by atoms with Crippen molar-refractivity contribution in [2.75, 3.05) is 26.2 Å². The fraction of sp³-hybridized carbons (Fsp3) is 0.344. The molecule has 4 aromatic rings. The van der Waals surface area contributed by atoms with Crippen LogP contribution >= 0.6 is 11.6 Å². The Labute approximate surface area is 261 Å². The highest BCUT2D eigenvalue weighted by Gasteiger charge is 2.36. The first-order valence-corrected chi connectivity index (χ1v) is 14.7. The Hall–Kier alpha value is -4.16. The predicted molar refractivity (Wildman–Crippen MR) is 161 cm³/mol. The van der Waals surface area contributed by atoms with E-state index in [4.69, 9.17) is 21.1 Å². The minimum atomic E-state index is -5.02. The smallest absolute Gasteiger partial charge is 0.419 e. The van der Waals surface area contributed by atoms with E-state index in [-0.39, 0.29) is 47.7 Å². The third-order valence-electron chi connectivity index (χ3n) is 7.44. The highest BCUT2D eigenvalue weighted by Crippen LogP contribution is 2.37. The summed E-state index contributed by atoms with van der Waals surface area (Å²) in [6, 6.07) is 14.2. The minimum Gasteiger partial charge on any atom is -0.489 e. The second-order valence-electron chi connectivity index (χ2n) is 11.1. The van der Waals surface area contributed by atoms with Gasteiger partial charge in [0.1, 0.15) is 23.1 Å². The van der Waals surface area contributed by atoms with Crippen molar-refractivity contribution >= 4 is 28.4 Å². The fourth-order valence-corrected chi connectivity index (χ4v) is 5.35. The van der Waals surface area contributed by atoms with Crippen molar-refractivity contribution in [2.45, 2.75) is 45.6 Å². The summed E-state index contributed by atoms with van der Waals surface area (Å²) in [5.41, 5.74) is -2.05. The van der Waals surface area contributed by atoms with Crippen LogP contribution in [0.4, 0.5) is 17.6 Å². The first-order chi connectivity index (χ1) is 21.3. The lowest BCUT2D eigenvalue weighted by atomic mass is 10.1. The number of para-hydroxylation sites is 1. The lowest BCUT2D eigenvalue weighted by Gasteiger charge is -2.39. The van der Waals surface area contributed by atoms with Gasteiger partial charge < -0.3 is 14.4 Å². The summed E-state index contributed by atoms with van der Waals surface area (Å²) in [7, 11) is 0. The number of ether oxygens (including phenoxy) is 2. The zero-order chi connectivity index (χ0) is 32.5. The summed E-state index contributed by atoms with van der Waals surface area (Å²) in [6.07, 6.45) is -5.54. The number of hydrogen-bond acceptors (Lipinski definition) is 6. The molecule has 1 atom stereocenters. The second-order valence-corrected chi connectivity index (χ2v) is 11.5. The molecule has 0 N–H and O–H groups in total. The first-order valence-electron chi connectivity index (χ1n) is 14.3. The van der Waals surface area contributed by atoms with Crippen molar-refractivity contribution in [3.8, 4) is 17.2 Å². The van der Waals surface area contributed by atoms with Gasteiger partial charge in [-0.25, -0.2) is 9.37 Å². The molecule has 0 unspecified atom stereocenters. The quantitative estimate of drug-likeness (QED) is 0.216. The Morgan fingerprint density at radius 2 is 1.80 bits per heavy atom. The molecule has 0 bridgehead atoms. The molecular weight excluding hydrogens is 616 g/mol. The van der Waals surface area contributed by atoms with Crippen molar-refractivity contribution in [2.24, 2.45) is 0 Å². The monoisotopic (exact) mass is 646 g/mol. The van der Waals surface area contributed by atoms with Gasteiger partial charge in [-0.15, -0.1) is 0 Å². The molecule has 13 heteroatoms. The molecule has 0 spiro atoms. The van der Waals surface area contributed by atoms with E-state index >= 15 is 0 Å². The maximum absolute atomic E-state index is 14.7. The summed E-state index contributed by atoms with van der Waals surface area (Å²) < 4.78 is 68.6. The van der Waals surface area contributed by atoms with Crippen LogP contribution < -0.4 is 15.0 Å². The number of carbonyl (C=O) groups excluding carboxylic acids is 1. The van der Waals surface area contributed by atoms with Crippen molar-refractivity contribution in [1.82, 2.24) is 19.4 Å². The third-order valence-corrected chi connectivity index (χ3v) is 7.69. The molecule has 1 amide bonds. The van der Waals surface area contributed by atoms with E-state index < -0.39 is 29.2 Å². The van der Waals surface area contributed by atoms with Gasteiger partial charge in [-0.3, -0.25) is 19.1 Å². The van der Waals surface area contributed by atoms with Crippen LogP contribution in [0.15, 0.2) is 65.5 Å². The highest BCUT2D eigenvalue weighted by molar-refractivity contribution is 6.30. The van der Waals surface area contributed by atoms with Gasteiger partial charge in [-0.05, 0) is 63.2 Å². The summed E-state index contributed by atoms with van der Waals surface area (Å²) in [5, 5.41) is 0.729. The second kappa shape index (κ2) is 13.1. The molecule has 8 nitrogen and oxygen atoms in total. The van der Waals surface area contributed by atoms with E-state index in [9.17, 15) is 27.2 Å². The normalized spacial score (nSPS) is 15.9. The van der Waals surface area contributed by atoms with Crippen LogP contribution in [0, 0.1) is 5.82 Å². The molecule has 0 radical (unpaired) electrons. The van der Waals surface area contributed by atoms with Crippen molar-refractivity contribution < 1.29 is 31.8 Å². The van der Waals surface area contributed by atoms with Gasteiger partial charge in [0, 0.05) is 36.8 Å². The highest BCUT2D eigenvalue weighted by atomic mass is 35.5. The molecule has 1 aromatic heterocycles. The average molecular weight is 647 g/mol. The molecule has 45 heavy (non-hydrogen) atoms. The van der Waals surface area contributed by atoms with Gasteiger partial charge in [0.25, 0.3) is 11.5 Å². The zero-order valence-electron chi connectivity index (χ0n) is 24.8. The summed E-state index contributed by atoms with van der Waals surface area (Å²) >= 11 is 5.90. The maximum atomic E-state index is 14.7. The lowest BCUT2D eigenvalue weighted by Crippen LogP contribution is -2.54.